The summed E-state index contributed by atoms with van der Waals surface area (Å²) in [5.74, 6) is -0.523. The molecule has 2 amide bonds. The van der Waals surface area contributed by atoms with Crippen molar-refractivity contribution in [1.82, 2.24) is 20.0 Å². The molecule has 0 radical (unpaired) electrons. The Labute approximate surface area is 163 Å². The molecule has 1 atom stereocenters. The lowest BCUT2D eigenvalue weighted by atomic mass is 10.0. The summed E-state index contributed by atoms with van der Waals surface area (Å²) in [4.78, 5) is 28.8. The van der Waals surface area contributed by atoms with Gasteiger partial charge in [0.1, 0.15) is 5.82 Å². The van der Waals surface area contributed by atoms with Gasteiger partial charge in [0.15, 0.2) is 0 Å². The average Bonchev–Trinajstić information content (AvgIpc) is 3.29. The van der Waals surface area contributed by atoms with Gasteiger partial charge in [0, 0.05) is 38.9 Å². The largest absolute Gasteiger partial charge is 0.349 e. The molecule has 1 aromatic heterocycles. The molecule has 0 aliphatic carbocycles. The van der Waals surface area contributed by atoms with E-state index in [0.717, 1.165) is 25.9 Å². The molecule has 1 N–H and O–H groups in total. The van der Waals surface area contributed by atoms with E-state index < -0.39 is 0 Å². The van der Waals surface area contributed by atoms with Crippen LogP contribution in [0.15, 0.2) is 36.7 Å². The quantitative estimate of drug-likeness (QED) is 0.867. The number of hydrogen-bond donors (Lipinski definition) is 1. The van der Waals surface area contributed by atoms with Gasteiger partial charge >= 0.3 is 0 Å². The van der Waals surface area contributed by atoms with E-state index in [0.29, 0.717) is 24.2 Å². The van der Waals surface area contributed by atoms with Gasteiger partial charge in [-0.1, -0.05) is 12.1 Å². The van der Waals surface area contributed by atoms with Crippen LogP contribution in [0.1, 0.15) is 29.6 Å². The van der Waals surface area contributed by atoms with E-state index in [9.17, 15) is 14.0 Å². The van der Waals surface area contributed by atoms with Crippen LogP contribution >= 0.6 is 0 Å². The minimum absolute atomic E-state index is 0.0389. The smallest absolute Gasteiger partial charge is 0.254 e. The van der Waals surface area contributed by atoms with Crippen molar-refractivity contribution in [3.05, 3.63) is 48.0 Å². The number of aromatic nitrogens is 2. The Balaban J connectivity index is 1.32. The number of anilines is 1. The second-order valence-corrected chi connectivity index (χ2v) is 7.43. The molecule has 2 aliphatic heterocycles. The zero-order valence-corrected chi connectivity index (χ0v) is 15.8. The van der Waals surface area contributed by atoms with Crippen LogP contribution < -0.4 is 10.2 Å². The predicted octanol–water partition coefficient (Wildman–Crippen LogP) is 1.56. The first-order chi connectivity index (χ1) is 13.5. The van der Waals surface area contributed by atoms with E-state index >= 15 is 0 Å². The Hall–Kier alpha value is -2.74. The summed E-state index contributed by atoms with van der Waals surface area (Å²) in [5, 5.41) is 7.07. The SMILES string of the molecule is Cn1cc(C(=O)NC2CCN([C@H]3CCN(c4ccccc4F)C3=O)CC2)cn1. The van der Waals surface area contributed by atoms with Crippen molar-refractivity contribution < 1.29 is 14.0 Å². The molecule has 0 saturated carbocycles. The second kappa shape index (κ2) is 7.71. The highest BCUT2D eigenvalue weighted by Gasteiger charge is 2.38. The summed E-state index contributed by atoms with van der Waals surface area (Å²) in [6.45, 7) is 2.00. The van der Waals surface area contributed by atoms with Crippen LogP contribution in [-0.4, -0.2) is 58.2 Å². The van der Waals surface area contributed by atoms with E-state index in [4.69, 9.17) is 0 Å². The lowest BCUT2D eigenvalue weighted by Crippen LogP contribution is -2.50. The van der Waals surface area contributed by atoms with Crippen molar-refractivity contribution in [3.63, 3.8) is 0 Å². The molecule has 2 aromatic rings. The first-order valence-corrected chi connectivity index (χ1v) is 9.62. The number of carbonyl (C=O) groups is 2. The number of piperidine rings is 1. The van der Waals surface area contributed by atoms with E-state index in [1.807, 2.05) is 0 Å². The van der Waals surface area contributed by atoms with Crippen molar-refractivity contribution in [2.45, 2.75) is 31.3 Å². The Bertz CT molecular complexity index is 875. The van der Waals surface area contributed by atoms with Crippen molar-refractivity contribution in [1.29, 1.82) is 0 Å². The van der Waals surface area contributed by atoms with Crippen LogP contribution in [0.2, 0.25) is 0 Å². The number of amides is 2. The Morgan fingerprint density at radius 1 is 1.18 bits per heavy atom. The monoisotopic (exact) mass is 385 g/mol. The summed E-state index contributed by atoms with van der Waals surface area (Å²) in [6.07, 6.45) is 5.52. The molecule has 1 aromatic carbocycles. The highest BCUT2D eigenvalue weighted by atomic mass is 19.1. The van der Waals surface area contributed by atoms with Crippen LogP contribution in [-0.2, 0) is 11.8 Å². The third-order valence-corrected chi connectivity index (χ3v) is 5.59. The molecule has 3 heterocycles. The normalized spacial score (nSPS) is 21.3. The van der Waals surface area contributed by atoms with Crippen LogP contribution in [0.3, 0.4) is 0 Å². The zero-order valence-electron chi connectivity index (χ0n) is 15.8. The van der Waals surface area contributed by atoms with Crippen molar-refractivity contribution in [2.75, 3.05) is 24.5 Å². The van der Waals surface area contributed by atoms with E-state index in [2.05, 4.69) is 15.3 Å². The minimum atomic E-state index is -0.367. The molecule has 0 bridgehead atoms. The van der Waals surface area contributed by atoms with Crippen molar-refractivity contribution in [3.8, 4) is 0 Å². The molecule has 0 unspecified atom stereocenters. The van der Waals surface area contributed by atoms with Gasteiger partial charge in [0.2, 0.25) is 5.91 Å². The minimum Gasteiger partial charge on any atom is -0.349 e. The number of benzene rings is 1. The maximum Gasteiger partial charge on any atom is 0.254 e. The van der Waals surface area contributed by atoms with Crippen molar-refractivity contribution >= 4 is 17.5 Å². The molecule has 4 rings (SSSR count). The van der Waals surface area contributed by atoms with Crippen molar-refractivity contribution in [2.24, 2.45) is 7.05 Å². The summed E-state index contributed by atoms with van der Waals surface area (Å²) in [5.41, 5.74) is 0.907. The topological polar surface area (TPSA) is 70.5 Å². The molecule has 2 aliphatic rings. The number of carbonyl (C=O) groups excluding carboxylic acids is 2. The second-order valence-electron chi connectivity index (χ2n) is 7.43. The number of likely N-dealkylation sites (tertiary alicyclic amines) is 1. The third kappa shape index (κ3) is 3.64. The van der Waals surface area contributed by atoms with Gasteiger partial charge in [-0.25, -0.2) is 4.39 Å². The number of aryl methyl sites for hydroxylation is 1. The molecule has 8 heteroatoms. The summed E-state index contributed by atoms with van der Waals surface area (Å²) < 4.78 is 15.6. The molecule has 28 heavy (non-hydrogen) atoms. The highest BCUT2D eigenvalue weighted by molar-refractivity contribution is 5.99. The number of hydrogen-bond acceptors (Lipinski definition) is 4. The fourth-order valence-electron chi connectivity index (χ4n) is 4.08. The summed E-state index contributed by atoms with van der Waals surface area (Å²) >= 11 is 0. The van der Waals surface area contributed by atoms with Gasteiger partial charge < -0.3 is 10.2 Å². The molecular weight excluding hydrogens is 361 g/mol. The van der Waals surface area contributed by atoms with Gasteiger partial charge in [-0.15, -0.1) is 0 Å². The highest BCUT2D eigenvalue weighted by Crippen LogP contribution is 2.28. The molecule has 0 spiro atoms. The van der Waals surface area contributed by atoms with Crippen LogP contribution in [0.25, 0.3) is 0 Å². The van der Waals surface area contributed by atoms with Gasteiger partial charge in [-0.2, -0.15) is 5.10 Å². The van der Waals surface area contributed by atoms with Crippen LogP contribution in [0, 0.1) is 5.82 Å². The number of nitrogens with zero attached hydrogens (tertiary/aromatic N) is 4. The lowest BCUT2D eigenvalue weighted by molar-refractivity contribution is -0.122. The summed E-state index contributed by atoms with van der Waals surface area (Å²) in [6, 6.07) is 6.27. The first kappa shape index (κ1) is 18.6. The standard InChI is InChI=1S/C20H24FN5O2/c1-24-13-14(12-22-24)19(27)23-15-6-9-25(10-7-15)18-8-11-26(20(18)28)17-5-3-2-4-16(17)21/h2-5,12-13,15,18H,6-11H2,1H3,(H,23,27)/t18-/m0/s1. The number of rotatable bonds is 4. The predicted molar refractivity (Wildman–Crippen MR) is 102 cm³/mol. The molecule has 2 saturated heterocycles. The van der Waals surface area contributed by atoms with Gasteiger partial charge in [-0.3, -0.25) is 19.2 Å². The number of nitrogens with one attached hydrogen (secondary N) is 1. The van der Waals surface area contributed by atoms with Gasteiger partial charge in [0.05, 0.1) is 23.5 Å². The third-order valence-electron chi connectivity index (χ3n) is 5.59. The summed E-state index contributed by atoms with van der Waals surface area (Å²) in [7, 11) is 1.78. The van der Waals surface area contributed by atoms with E-state index in [-0.39, 0.29) is 29.7 Å². The first-order valence-electron chi connectivity index (χ1n) is 9.62. The molecule has 148 valence electrons. The van der Waals surface area contributed by atoms with E-state index in [1.54, 1.807) is 47.2 Å². The van der Waals surface area contributed by atoms with Crippen LogP contribution in [0.5, 0.6) is 0 Å². The fourth-order valence-corrected chi connectivity index (χ4v) is 4.08. The number of halogens is 1. The Kier molecular flexibility index (Phi) is 5.13. The average molecular weight is 385 g/mol. The molecule has 2 fully saturated rings. The zero-order chi connectivity index (χ0) is 19.7. The molecule has 7 nitrogen and oxygen atoms in total. The molecular formula is C20H24FN5O2. The Morgan fingerprint density at radius 2 is 1.93 bits per heavy atom. The fraction of sp³-hybridized carbons (Fsp3) is 0.450. The maximum atomic E-state index is 14.0. The van der Waals surface area contributed by atoms with E-state index in [1.165, 1.54) is 6.07 Å². The Morgan fingerprint density at radius 3 is 2.61 bits per heavy atom. The maximum absolute atomic E-state index is 14.0. The van der Waals surface area contributed by atoms with Crippen LogP contribution in [0.4, 0.5) is 10.1 Å². The number of para-hydroxylation sites is 1. The van der Waals surface area contributed by atoms with Gasteiger partial charge in [0.25, 0.3) is 5.91 Å². The lowest BCUT2D eigenvalue weighted by Gasteiger charge is -2.35. The van der Waals surface area contributed by atoms with Gasteiger partial charge in [-0.05, 0) is 31.4 Å².